The largest absolute Gasteiger partial charge is 0.380 e. The summed E-state index contributed by atoms with van der Waals surface area (Å²) in [5, 5.41) is 3.46. The Bertz CT molecular complexity index is 383. The molecule has 0 bridgehead atoms. The number of nitrogens with one attached hydrogen (secondary N) is 1. The first-order valence-corrected chi connectivity index (χ1v) is 10.3. The Morgan fingerprint density at radius 3 is 2.48 bits per heavy atom. The minimum absolute atomic E-state index is 0.165. The lowest BCUT2D eigenvalue weighted by Crippen LogP contribution is -2.49. The summed E-state index contributed by atoms with van der Waals surface area (Å²) in [6, 6.07) is 0.277. The highest BCUT2D eigenvalue weighted by atomic mass is 32.2. The van der Waals surface area contributed by atoms with Crippen LogP contribution < -0.4 is 5.32 Å². The van der Waals surface area contributed by atoms with E-state index in [1.54, 1.807) is 7.11 Å². The van der Waals surface area contributed by atoms with Crippen LogP contribution in [0.5, 0.6) is 0 Å². The predicted molar refractivity (Wildman–Crippen MR) is 88.4 cm³/mol. The molecule has 1 saturated carbocycles. The Balaban J connectivity index is 2.80. The van der Waals surface area contributed by atoms with Crippen LogP contribution in [0.25, 0.3) is 0 Å². The molecule has 4 unspecified atom stereocenters. The van der Waals surface area contributed by atoms with Crippen LogP contribution in [-0.4, -0.2) is 45.7 Å². The molecule has 0 saturated heterocycles. The van der Waals surface area contributed by atoms with Gasteiger partial charge in [0.05, 0.1) is 11.4 Å². The van der Waals surface area contributed by atoms with Crippen LogP contribution in [0.2, 0.25) is 0 Å². The number of ether oxygens (including phenoxy) is 1. The van der Waals surface area contributed by atoms with Gasteiger partial charge >= 0.3 is 0 Å². The van der Waals surface area contributed by atoms with Gasteiger partial charge in [0, 0.05) is 19.4 Å². The van der Waals surface area contributed by atoms with Gasteiger partial charge in [0.15, 0.2) is 0 Å². The van der Waals surface area contributed by atoms with Crippen molar-refractivity contribution in [1.82, 2.24) is 5.32 Å². The van der Waals surface area contributed by atoms with Gasteiger partial charge in [-0.05, 0) is 44.6 Å². The van der Waals surface area contributed by atoms with Gasteiger partial charge in [0.25, 0.3) is 0 Å². The number of hydrogen-bond donors (Lipinski definition) is 1. The summed E-state index contributed by atoms with van der Waals surface area (Å²) in [5.74, 6) is 0.404. The molecule has 126 valence electrons. The third-order valence-corrected chi connectivity index (χ3v) is 6.33. The summed E-state index contributed by atoms with van der Waals surface area (Å²) >= 11 is 0. The number of hydrogen-bond acceptors (Lipinski definition) is 4. The fraction of sp³-hybridized carbons (Fsp3) is 1.00. The standard InChI is InChI=1S/C16H33NO3S/c1-5-8-15(20-3)16(17-11-6-2)13-9-7-10-14(12-13)21(4,18)19/h13-17H,5-12H2,1-4H3. The maximum atomic E-state index is 11.9. The lowest BCUT2D eigenvalue weighted by atomic mass is 9.80. The zero-order chi connectivity index (χ0) is 15.9. The molecule has 0 amide bonds. The third-order valence-electron chi connectivity index (χ3n) is 4.69. The molecule has 4 atom stereocenters. The lowest BCUT2D eigenvalue weighted by Gasteiger charge is -2.38. The molecular weight excluding hydrogens is 286 g/mol. The van der Waals surface area contributed by atoms with Gasteiger partial charge in [-0.2, -0.15) is 0 Å². The van der Waals surface area contributed by atoms with Gasteiger partial charge in [-0.3, -0.25) is 0 Å². The van der Waals surface area contributed by atoms with Crippen LogP contribution in [0.1, 0.15) is 58.8 Å². The second-order valence-corrected chi connectivity index (χ2v) is 8.75. The molecule has 0 spiro atoms. The molecule has 1 aliphatic rings. The normalized spacial score (nSPS) is 26.5. The second-order valence-electron chi connectivity index (χ2n) is 6.42. The topological polar surface area (TPSA) is 55.4 Å². The van der Waals surface area contributed by atoms with Gasteiger partial charge in [-0.1, -0.05) is 26.7 Å². The van der Waals surface area contributed by atoms with Crippen LogP contribution in [0, 0.1) is 5.92 Å². The van der Waals surface area contributed by atoms with Crippen molar-refractivity contribution in [3.8, 4) is 0 Å². The predicted octanol–water partition coefficient (Wildman–Crippen LogP) is 2.77. The van der Waals surface area contributed by atoms with Crippen LogP contribution in [0.3, 0.4) is 0 Å². The van der Waals surface area contributed by atoms with Gasteiger partial charge in [-0.15, -0.1) is 0 Å². The van der Waals surface area contributed by atoms with E-state index < -0.39 is 9.84 Å². The van der Waals surface area contributed by atoms with Gasteiger partial charge in [0.1, 0.15) is 9.84 Å². The first-order chi connectivity index (χ1) is 9.93. The first-order valence-electron chi connectivity index (χ1n) is 8.39. The van der Waals surface area contributed by atoms with Crippen LogP contribution >= 0.6 is 0 Å². The highest BCUT2D eigenvalue weighted by Crippen LogP contribution is 2.33. The number of methoxy groups -OCH3 is 1. The van der Waals surface area contributed by atoms with Crippen LogP contribution in [0.15, 0.2) is 0 Å². The van der Waals surface area contributed by atoms with Crippen LogP contribution in [-0.2, 0) is 14.6 Å². The molecule has 5 heteroatoms. The summed E-state index contributed by atoms with van der Waals surface area (Å²) in [7, 11) is -1.15. The quantitative estimate of drug-likeness (QED) is 0.710. The smallest absolute Gasteiger partial charge is 0.150 e. The minimum atomic E-state index is -2.93. The monoisotopic (exact) mass is 319 g/mol. The maximum Gasteiger partial charge on any atom is 0.150 e. The van der Waals surface area contributed by atoms with Crippen molar-refractivity contribution >= 4 is 9.84 Å². The van der Waals surface area contributed by atoms with E-state index in [-0.39, 0.29) is 17.4 Å². The summed E-state index contributed by atoms with van der Waals surface area (Å²) in [5.41, 5.74) is 0. The average molecular weight is 320 g/mol. The highest BCUT2D eigenvalue weighted by Gasteiger charge is 2.36. The molecule has 21 heavy (non-hydrogen) atoms. The van der Waals surface area contributed by atoms with Gasteiger partial charge in [0.2, 0.25) is 0 Å². The Labute approximate surface area is 130 Å². The Kier molecular flexibility index (Phi) is 8.21. The Morgan fingerprint density at radius 2 is 1.95 bits per heavy atom. The number of sulfone groups is 1. The van der Waals surface area contributed by atoms with E-state index in [9.17, 15) is 8.42 Å². The zero-order valence-electron chi connectivity index (χ0n) is 14.1. The summed E-state index contributed by atoms with van der Waals surface area (Å²) in [6.07, 6.45) is 8.49. The summed E-state index contributed by atoms with van der Waals surface area (Å²) < 4.78 is 29.5. The molecular formula is C16H33NO3S. The Morgan fingerprint density at radius 1 is 1.24 bits per heavy atom. The highest BCUT2D eigenvalue weighted by molar-refractivity contribution is 7.91. The average Bonchev–Trinajstić information content (AvgIpc) is 2.46. The molecule has 0 radical (unpaired) electrons. The minimum Gasteiger partial charge on any atom is -0.380 e. The molecule has 0 aromatic heterocycles. The molecule has 1 N–H and O–H groups in total. The maximum absolute atomic E-state index is 11.9. The molecule has 1 aliphatic carbocycles. The fourth-order valence-electron chi connectivity index (χ4n) is 3.54. The van der Waals surface area contributed by atoms with Crippen molar-refractivity contribution in [2.75, 3.05) is 19.9 Å². The molecule has 0 aliphatic heterocycles. The molecule has 1 rings (SSSR count). The Hall–Kier alpha value is -0.130. The molecule has 4 nitrogen and oxygen atoms in total. The van der Waals surface area contributed by atoms with E-state index in [1.807, 2.05) is 0 Å². The van der Waals surface area contributed by atoms with E-state index in [4.69, 9.17) is 4.74 Å². The zero-order valence-corrected chi connectivity index (χ0v) is 14.9. The summed E-state index contributed by atoms with van der Waals surface area (Å²) in [6.45, 7) is 5.29. The van der Waals surface area contributed by atoms with Crippen molar-refractivity contribution in [2.45, 2.75) is 76.2 Å². The second kappa shape index (κ2) is 9.11. The van der Waals surface area contributed by atoms with E-state index in [1.165, 1.54) is 6.26 Å². The van der Waals surface area contributed by atoms with Gasteiger partial charge < -0.3 is 10.1 Å². The van der Waals surface area contributed by atoms with E-state index in [0.717, 1.165) is 51.5 Å². The first kappa shape index (κ1) is 18.9. The van der Waals surface area contributed by atoms with Crippen molar-refractivity contribution in [2.24, 2.45) is 5.92 Å². The lowest BCUT2D eigenvalue weighted by molar-refractivity contribution is 0.0333. The molecule has 0 aromatic carbocycles. The summed E-state index contributed by atoms with van der Waals surface area (Å²) in [4.78, 5) is 0. The van der Waals surface area contributed by atoms with Crippen LogP contribution in [0.4, 0.5) is 0 Å². The fourth-order valence-corrected chi connectivity index (χ4v) is 4.73. The molecule has 0 aromatic rings. The van der Waals surface area contributed by atoms with Gasteiger partial charge in [-0.25, -0.2) is 8.42 Å². The SMILES string of the molecule is CCCNC(C1CCCC(S(C)(=O)=O)C1)C(CCC)OC. The number of rotatable bonds is 9. The molecule has 0 heterocycles. The van der Waals surface area contributed by atoms with E-state index >= 15 is 0 Å². The van der Waals surface area contributed by atoms with Crippen molar-refractivity contribution < 1.29 is 13.2 Å². The third kappa shape index (κ3) is 5.87. The van der Waals surface area contributed by atoms with Crippen molar-refractivity contribution in [3.05, 3.63) is 0 Å². The van der Waals surface area contributed by atoms with E-state index in [2.05, 4.69) is 19.2 Å². The van der Waals surface area contributed by atoms with Crippen molar-refractivity contribution in [3.63, 3.8) is 0 Å². The van der Waals surface area contributed by atoms with E-state index in [0.29, 0.717) is 5.92 Å². The van der Waals surface area contributed by atoms with Crippen molar-refractivity contribution in [1.29, 1.82) is 0 Å². The molecule has 1 fully saturated rings.